The van der Waals surface area contributed by atoms with Gasteiger partial charge >= 0.3 is 0 Å². The standard InChI is InChI=1S/C13H29NO3/c1-10(2)7-12(4)17-9-13(16)8-14-6-5-11(3)15/h10-16H,5-9H2,1-4H3. The Bertz CT molecular complexity index is 174. The molecule has 0 bridgehead atoms. The van der Waals surface area contributed by atoms with Crippen molar-refractivity contribution in [1.82, 2.24) is 5.32 Å². The maximum Gasteiger partial charge on any atom is 0.0897 e. The summed E-state index contributed by atoms with van der Waals surface area (Å²) in [6, 6.07) is 0. The Kier molecular flexibility index (Phi) is 9.74. The van der Waals surface area contributed by atoms with Gasteiger partial charge in [0.25, 0.3) is 0 Å². The van der Waals surface area contributed by atoms with Gasteiger partial charge in [-0.1, -0.05) is 13.8 Å². The van der Waals surface area contributed by atoms with Gasteiger partial charge in [0, 0.05) is 6.54 Å². The lowest BCUT2D eigenvalue weighted by molar-refractivity contribution is -0.00860. The first kappa shape index (κ1) is 16.8. The predicted molar refractivity (Wildman–Crippen MR) is 70.0 cm³/mol. The second-order valence-electron chi connectivity index (χ2n) is 5.27. The van der Waals surface area contributed by atoms with Crippen LogP contribution >= 0.6 is 0 Å². The van der Waals surface area contributed by atoms with Crippen LogP contribution in [0, 0.1) is 5.92 Å². The molecule has 17 heavy (non-hydrogen) atoms. The summed E-state index contributed by atoms with van der Waals surface area (Å²) in [5, 5.41) is 21.8. The number of hydrogen-bond donors (Lipinski definition) is 3. The Morgan fingerprint density at radius 2 is 1.76 bits per heavy atom. The van der Waals surface area contributed by atoms with Crippen molar-refractivity contribution in [1.29, 1.82) is 0 Å². The van der Waals surface area contributed by atoms with E-state index in [1.165, 1.54) is 0 Å². The van der Waals surface area contributed by atoms with Crippen molar-refractivity contribution in [3.05, 3.63) is 0 Å². The Morgan fingerprint density at radius 1 is 1.12 bits per heavy atom. The monoisotopic (exact) mass is 247 g/mol. The molecule has 0 aliphatic rings. The van der Waals surface area contributed by atoms with Crippen LogP contribution in [0.4, 0.5) is 0 Å². The van der Waals surface area contributed by atoms with Gasteiger partial charge in [0.1, 0.15) is 0 Å². The van der Waals surface area contributed by atoms with Crippen molar-refractivity contribution in [2.24, 2.45) is 5.92 Å². The van der Waals surface area contributed by atoms with Crippen LogP contribution in [0.2, 0.25) is 0 Å². The first-order valence-corrected chi connectivity index (χ1v) is 6.60. The molecule has 3 N–H and O–H groups in total. The van der Waals surface area contributed by atoms with E-state index in [1.54, 1.807) is 6.92 Å². The Morgan fingerprint density at radius 3 is 2.29 bits per heavy atom. The molecule has 0 fully saturated rings. The van der Waals surface area contributed by atoms with Crippen molar-refractivity contribution in [3.63, 3.8) is 0 Å². The van der Waals surface area contributed by atoms with Gasteiger partial charge in [-0.05, 0) is 39.2 Å². The fourth-order valence-electron chi connectivity index (χ4n) is 1.65. The lowest BCUT2D eigenvalue weighted by Gasteiger charge is -2.18. The SMILES string of the molecule is CC(C)CC(C)OCC(O)CNCCC(C)O. The molecule has 104 valence electrons. The molecule has 3 atom stereocenters. The third-order valence-electron chi connectivity index (χ3n) is 2.50. The molecular formula is C13H29NO3. The molecular weight excluding hydrogens is 218 g/mol. The van der Waals surface area contributed by atoms with E-state index in [9.17, 15) is 5.11 Å². The number of hydrogen-bond acceptors (Lipinski definition) is 4. The largest absolute Gasteiger partial charge is 0.393 e. The van der Waals surface area contributed by atoms with Crippen molar-refractivity contribution in [3.8, 4) is 0 Å². The van der Waals surface area contributed by atoms with Crippen molar-refractivity contribution in [2.45, 2.75) is 58.8 Å². The second-order valence-corrected chi connectivity index (χ2v) is 5.27. The van der Waals surface area contributed by atoms with E-state index in [0.29, 0.717) is 25.5 Å². The average Bonchev–Trinajstić information content (AvgIpc) is 2.20. The molecule has 4 heteroatoms. The Labute approximate surface area is 105 Å². The molecule has 0 radical (unpaired) electrons. The third kappa shape index (κ3) is 12.1. The van der Waals surface area contributed by atoms with Crippen LogP contribution in [0.3, 0.4) is 0 Å². The van der Waals surface area contributed by atoms with Crippen molar-refractivity contribution >= 4 is 0 Å². The lowest BCUT2D eigenvalue weighted by atomic mass is 10.1. The second kappa shape index (κ2) is 9.83. The summed E-state index contributed by atoms with van der Waals surface area (Å²) in [6.45, 7) is 9.72. The normalized spacial score (nSPS) is 17.1. The summed E-state index contributed by atoms with van der Waals surface area (Å²) < 4.78 is 5.55. The van der Waals surface area contributed by atoms with Gasteiger partial charge in [-0.2, -0.15) is 0 Å². The molecule has 0 amide bonds. The van der Waals surface area contributed by atoms with Gasteiger partial charge in [0.05, 0.1) is 24.9 Å². The summed E-state index contributed by atoms with van der Waals surface area (Å²) in [5.41, 5.74) is 0. The highest BCUT2D eigenvalue weighted by atomic mass is 16.5. The Hall–Kier alpha value is -0.160. The van der Waals surface area contributed by atoms with E-state index in [1.807, 2.05) is 6.92 Å². The van der Waals surface area contributed by atoms with Gasteiger partial charge < -0.3 is 20.3 Å². The van der Waals surface area contributed by atoms with E-state index in [2.05, 4.69) is 19.2 Å². The smallest absolute Gasteiger partial charge is 0.0897 e. The van der Waals surface area contributed by atoms with Crippen LogP contribution in [0.5, 0.6) is 0 Å². The third-order valence-corrected chi connectivity index (χ3v) is 2.50. The first-order chi connectivity index (χ1) is 7.91. The maximum absolute atomic E-state index is 9.65. The molecule has 4 nitrogen and oxygen atoms in total. The van der Waals surface area contributed by atoms with E-state index < -0.39 is 6.10 Å². The molecule has 0 heterocycles. The maximum atomic E-state index is 9.65. The minimum atomic E-state index is -0.474. The van der Waals surface area contributed by atoms with Gasteiger partial charge in [0.2, 0.25) is 0 Å². The first-order valence-electron chi connectivity index (χ1n) is 6.60. The van der Waals surface area contributed by atoms with Gasteiger partial charge in [-0.3, -0.25) is 0 Å². The van der Waals surface area contributed by atoms with Gasteiger partial charge in [-0.25, -0.2) is 0 Å². The summed E-state index contributed by atoms with van der Waals surface area (Å²) in [6.07, 6.45) is 1.15. The number of ether oxygens (including phenoxy) is 1. The zero-order valence-corrected chi connectivity index (χ0v) is 11.6. The van der Waals surface area contributed by atoms with E-state index in [0.717, 1.165) is 13.0 Å². The summed E-state index contributed by atoms with van der Waals surface area (Å²) >= 11 is 0. The zero-order valence-electron chi connectivity index (χ0n) is 11.6. The highest BCUT2D eigenvalue weighted by Crippen LogP contribution is 2.07. The van der Waals surface area contributed by atoms with Crippen LogP contribution in [-0.4, -0.2) is 48.2 Å². The minimum Gasteiger partial charge on any atom is -0.393 e. The quantitative estimate of drug-likeness (QED) is 0.507. The average molecular weight is 247 g/mol. The molecule has 3 unspecified atom stereocenters. The summed E-state index contributed by atoms with van der Waals surface area (Å²) in [7, 11) is 0. The summed E-state index contributed by atoms with van der Waals surface area (Å²) in [5.74, 6) is 0.617. The topological polar surface area (TPSA) is 61.7 Å². The summed E-state index contributed by atoms with van der Waals surface area (Å²) in [4.78, 5) is 0. The molecule has 0 aromatic heterocycles. The highest BCUT2D eigenvalue weighted by molar-refractivity contribution is 4.62. The lowest BCUT2D eigenvalue weighted by Crippen LogP contribution is -2.33. The molecule has 0 spiro atoms. The van der Waals surface area contributed by atoms with Crippen LogP contribution in [0.25, 0.3) is 0 Å². The number of rotatable bonds is 10. The number of aliphatic hydroxyl groups excluding tert-OH is 2. The molecule has 0 aliphatic carbocycles. The fraction of sp³-hybridized carbons (Fsp3) is 1.00. The van der Waals surface area contributed by atoms with Crippen molar-refractivity contribution in [2.75, 3.05) is 19.7 Å². The van der Waals surface area contributed by atoms with E-state index >= 15 is 0 Å². The van der Waals surface area contributed by atoms with Gasteiger partial charge in [0.15, 0.2) is 0 Å². The molecule has 0 saturated heterocycles. The number of nitrogens with one attached hydrogen (secondary N) is 1. The van der Waals surface area contributed by atoms with Crippen LogP contribution < -0.4 is 5.32 Å². The van der Waals surface area contributed by atoms with Crippen LogP contribution in [-0.2, 0) is 4.74 Å². The molecule has 0 rings (SSSR count). The number of aliphatic hydroxyl groups is 2. The van der Waals surface area contributed by atoms with E-state index in [-0.39, 0.29) is 12.2 Å². The minimum absolute atomic E-state index is 0.196. The Balaban J connectivity index is 3.42. The van der Waals surface area contributed by atoms with Crippen LogP contribution in [0.1, 0.15) is 40.5 Å². The molecule has 0 saturated carbocycles. The van der Waals surface area contributed by atoms with Crippen LogP contribution in [0.15, 0.2) is 0 Å². The highest BCUT2D eigenvalue weighted by Gasteiger charge is 2.09. The predicted octanol–water partition coefficient (Wildman–Crippen LogP) is 1.16. The van der Waals surface area contributed by atoms with Crippen molar-refractivity contribution < 1.29 is 14.9 Å². The molecule has 0 aliphatic heterocycles. The molecule has 0 aromatic carbocycles. The molecule has 0 aromatic rings. The fourth-order valence-corrected chi connectivity index (χ4v) is 1.65. The van der Waals surface area contributed by atoms with Gasteiger partial charge in [-0.15, -0.1) is 0 Å². The van der Waals surface area contributed by atoms with E-state index in [4.69, 9.17) is 9.84 Å². The zero-order chi connectivity index (χ0) is 13.3.